The lowest BCUT2D eigenvalue weighted by Crippen LogP contribution is -2.14. The second-order valence-corrected chi connectivity index (χ2v) is 4.83. The molecular weight excluding hydrogens is 225 g/mol. The van der Waals surface area contributed by atoms with Crippen molar-refractivity contribution in [2.24, 2.45) is 0 Å². The molecule has 1 saturated carbocycles. The predicted molar refractivity (Wildman–Crippen MR) is 71.7 cm³/mol. The van der Waals surface area contributed by atoms with Gasteiger partial charge in [-0.2, -0.15) is 0 Å². The minimum atomic E-state index is -0.165. The Kier molecular flexibility index (Phi) is 3.11. The van der Waals surface area contributed by atoms with E-state index < -0.39 is 0 Å². The van der Waals surface area contributed by atoms with Crippen molar-refractivity contribution >= 4 is 0 Å². The van der Waals surface area contributed by atoms with Crippen molar-refractivity contribution in [3.63, 3.8) is 0 Å². The Morgan fingerprint density at radius 3 is 2.39 bits per heavy atom. The third-order valence-electron chi connectivity index (χ3n) is 3.31. The van der Waals surface area contributed by atoms with Crippen LogP contribution >= 0.6 is 0 Å². The van der Waals surface area contributed by atoms with Crippen LogP contribution in [0.15, 0.2) is 48.5 Å². The van der Waals surface area contributed by atoms with Gasteiger partial charge in [-0.05, 0) is 30.0 Å². The summed E-state index contributed by atoms with van der Waals surface area (Å²) in [7, 11) is 0. The molecule has 0 aliphatic heterocycles. The monoisotopic (exact) mass is 241 g/mol. The molecule has 0 atom stereocenters. The summed E-state index contributed by atoms with van der Waals surface area (Å²) in [6.45, 7) is 0.905. The number of nitrogens with one attached hydrogen (secondary N) is 1. The SMILES string of the molecule is Fc1ccccc1-c1ccc(CNC2CC2)cc1. The van der Waals surface area contributed by atoms with Crippen LogP contribution in [0.2, 0.25) is 0 Å². The highest BCUT2D eigenvalue weighted by atomic mass is 19.1. The summed E-state index contributed by atoms with van der Waals surface area (Å²) in [5.74, 6) is -0.165. The van der Waals surface area contributed by atoms with Gasteiger partial charge in [-0.3, -0.25) is 0 Å². The van der Waals surface area contributed by atoms with Gasteiger partial charge in [-0.25, -0.2) is 4.39 Å². The molecule has 1 aliphatic carbocycles. The predicted octanol–water partition coefficient (Wildman–Crippen LogP) is 3.74. The van der Waals surface area contributed by atoms with Crippen molar-refractivity contribution in [3.8, 4) is 11.1 Å². The topological polar surface area (TPSA) is 12.0 Å². The van der Waals surface area contributed by atoms with Gasteiger partial charge in [0.1, 0.15) is 5.82 Å². The van der Waals surface area contributed by atoms with E-state index in [-0.39, 0.29) is 5.82 Å². The van der Waals surface area contributed by atoms with Crippen molar-refractivity contribution in [1.82, 2.24) is 5.32 Å². The average molecular weight is 241 g/mol. The first kappa shape index (κ1) is 11.4. The molecule has 1 fully saturated rings. The molecule has 0 aromatic heterocycles. The van der Waals surface area contributed by atoms with Crippen LogP contribution < -0.4 is 5.32 Å². The Hall–Kier alpha value is -1.67. The van der Waals surface area contributed by atoms with E-state index in [1.54, 1.807) is 6.07 Å². The maximum Gasteiger partial charge on any atom is 0.131 e. The van der Waals surface area contributed by atoms with E-state index in [1.807, 2.05) is 24.3 Å². The molecule has 1 nitrogen and oxygen atoms in total. The summed E-state index contributed by atoms with van der Waals surface area (Å²) in [5, 5.41) is 3.47. The Bertz CT molecular complexity index is 529. The second-order valence-electron chi connectivity index (χ2n) is 4.83. The van der Waals surface area contributed by atoms with Crippen LogP contribution in [0.25, 0.3) is 11.1 Å². The number of benzene rings is 2. The molecule has 0 amide bonds. The molecule has 0 spiro atoms. The highest BCUT2D eigenvalue weighted by molar-refractivity contribution is 5.64. The molecule has 1 N–H and O–H groups in total. The van der Waals surface area contributed by atoms with Crippen molar-refractivity contribution < 1.29 is 4.39 Å². The highest BCUT2D eigenvalue weighted by Crippen LogP contribution is 2.23. The van der Waals surface area contributed by atoms with Crippen LogP contribution in [0.1, 0.15) is 18.4 Å². The van der Waals surface area contributed by atoms with Gasteiger partial charge in [0.2, 0.25) is 0 Å². The van der Waals surface area contributed by atoms with Gasteiger partial charge in [-0.1, -0.05) is 42.5 Å². The first-order chi connectivity index (χ1) is 8.83. The smallest absolute Gasteiger partial charge is 0.131 e. The molecule has 2 heteroatoms. The fraction of sp³-hybridized carbons (Fsp3) is 0.250. The van der Waals surface area contributed by atoms with Crippen molar-refractivity contribution in [2.45, 2.75) is 25.4 Å². The zero-order valence-electron chi connectivity index (χ0n) is 10.2. The molecule has 92 valence electrons. The zero-order chi connectivity index (χ0) is 12.4. The first-order valence-corrected chi connectivity index (χ1v) is 6.40. The molecule has 0 bridgehead atoms. The van der Waals surface area contributed by atoms with E-state index in [1.165, 1.54) is 24.5 Å². The lowest BCUT2D eigenvalue weighted by atomic mass is 10.0. The minimum absolute atomic E-state index is 0.165. The van der Waals surface area contributed by atoms with Gasteiger partial charge >= 0.3 is 0 Å². The van der Waals surface area contributed by atoms with Crippen LogP contribution in [-0.2, 0) is 6.54 Å². The zero-order valence-corrected chi connectivity index (χ0v) is 10.2. The summed E-state index contributed by atoms with van der Waals surface area (Å²) >= 11 is 0. The molecule has 2 aromatic carbocycles. The quantitative estimate of drug-likeness (QED) is 0.859. The summed E-state index contributed by atoms with van der Waals surface area (Å²) < 4.78 is 13.6. The minimum Gasteiger partial charge on any atom is -0.310 e. The first-order valence-electron chi connectivity index (χ1n) is 6.40. The van der Waals surface area contributed by atoms with Gasteiger partial charge in [0.25, 0.3) is 0 Å². The van der Waals surface area contributed by atoms with Crippen LogP contribution in [0.3, 0.4) is 0 Å². The maximum atomic E-state index is 13.6. The molecule has 0 radical (unpaired) electrons. The van der Waals surface area contributed by atoms with E-state index in [9.17, 15) is 4.39 Å². The number of halogens is 1. The summed E-state index contributed by atoms with van der Waals surface area (Å²) in [6.07, 6.45) is 2.60. The largest absolute Gasteiger partial charge is 0.310 e. The molecule has 0 saturated heterocycles. The average Bonchev–Trinajstić information content (AvgIpc) is 3.22. The number of hydrogen-bond donors (Lipinski definition) is 1. The maximum absolute atomic E-state index is 13.6. The second kappa shape index (κ2) is 4.91. The molecule has 3 rings (SSSR count). The number of hydrogen-bond acceptors (Lipinski definition) is 1. The Balaban J connectivity index is 1.75. The molecule has 2 aromatic rings. The molecule has 18 heavy (non-hydrogen) atoms. The van der Waals surface area contributed by atoms with Gasteiger partial charge in [-0.15, -0.1) is 0 Å². The Morgan fingerprint density at radius 2 is 1.72 bits per heavy atom. The van der Waals surface area contributed by atoms with E-state index in [0.717, 1.165) is 18.2 Å². The summed E-state index contributed by atoms with van der Waals surface area (Å²) in [6, 6.07) is 15.7. The lowest BCUT2D eigenvalue weighted by molar-refractivity contribution is 0.631. The molecule has 0 unspecified atom stereocenters. The van der Waals surface area contributed by atoms with E-state index in [0.29, 0.717) is 5.56 Å². The van der Waals surface area contributed by atoms with Crippen LogP contribution in [0.4, 0.5) is 4.39 Å². The van der Waals surface area contributed by atoms with Crippen LogP contribution in [-0.4, -0.2) is 6.04 Å². The fourth-order valence-electron chi connectivity index (χ4n) is 2.05. The molecule has 0 heterocycles. The summed E-state index contributed by atoms with van der Waals surface area (Å²) in [5.41, 5.74) is 2.85. The third kappa shape index (κ3) is 2.59. The Morgan fingerprint density at radius 1 is 1.00 bits per heavy atom. The van der Waals surface area contributed by atoms with Crippen molar-refractivity contribution in [1.29, 1.82) is 0 Å². The van der Waals surface area contributed by atoms with E-state index >= 15 is 0 Å². The van der Waals surface area contributed by atoms with Gasteiger partial charge in [0.15, 0.2) is 0 Å². The highest BCUT2D eigenvalue weighted by Gasteiger charge is 2.19. The van der Waals surface area contributed by atoms with Gasteiger partial charge < -0.3 is 5.32 Å². The van der Waals surface area contributed by atoms with Crippen LogP contribution in [0.5, 0.6) is 0 Å². The molecular formula is C16H16FN. The summed E-state index contributed by atoms with van der Waals surface area (Å²) in [4.78, 5) is 0. The third-order valence-corrected chi connectivity index (χ3v) is 3.31. The Labute approximate surface area is 107 Å². The lowest BCUT2D eigenvalue weighted by Gasteiger charge is -2.06. The van der Waals surface area contributed by atoms with Crippen molar-refractivity contribution in [2.75, 3.05) is 0 Å². The normalized spacial score (nSPS) is 14.7. The molecule has 1 aliphatic rings. The van der Waals surface area contributed by atoms with Gasteiger partial charge in [0.05, 0.1) is 0 Å². The van der Waals surface area contributed by atoms with Gasteiger partial charge in [0, 0.05) is 18.2 Å². The number of rotatable bonds is 4. The van der Waals surface area contributed by atoms with E-state index in [2.05, 4.69) is 17.4 Å². The fourth-order valence-corrected chi connectivity index (χ4v) is 2.05. The van der Waals surface area contributed by atoms with E-state index in [4.69, 9.17) is 0 Å². The van der Waals surface area contributed by atoms with Crippen LogP contribution in [0, 0.1) is 5.82 Å². The standard InChI is InChI=1S/C16H16FN/c17-16-4-2-1-3-15(16)13-7-5-12(6-8-13)11-18-14-9-10-14/h1-8,14,18H,9-11H2. The van der Waals surface area contributed by atoms with Crippen molar-refractivity contribution in [3.05, 3.63) is 59.9 Å².